The number of carbonyl (C=O) groups is 1. The van der Waals surface area contributed by atoms with E-state index in [9.17, 15) is 14.7 Å². The van der Waals surface area contributed by atoms with Crippen molar-refractivity contribution in [2.75, 3.05) is 5.32 Å². The number of rotatable bonds is 3. The van der Waals surface area contributed by atoms with E-state index in [1.165, 1.54) is 24.5 Å². The van der Waals surface area contributed by atoms with Gasteiger partial charge in [0, 0.05) is 6.20 Å². The predicted molar refractivity (Wildman–Crippen MR) is 83.4 cm³/mol. The average molecular weight is 311 g/mol. The molecule has 3 rings (SSSR count). The normalized spacial score (nSPS) is 10.4. The van der Waals surface area contributed by atoms with E-state index in [1.807, 2.05) is 30.3 Å². The third-order valence-corrected chi connectivity index (χ3v) is 3.16. The van der Waals surface area contributed by atoms with Gasteiger partial charge in [0.25, 0.3) is 5.56 Å². The number of benzene rings is 1. The predicted octanol–water partition coefficient (Wildman–Crippen LogP) is 2.15. The molecule has 7 heteroatoms. The Hall–Kier alpha value is -3.35. The van der Waals surface area contributed by atoms with Crippen LogP contribution in [-0.2, 0) is 11.3 Å². The van der Waals surface area contributed by atoms with E-state index in [2.05, 4.69) is 10.3 Å². The Morgan fingerprint density at radius 1 is 1.22 bits per heavy atom. The van der Waals surface area contributed by atoms with Crippen LogP contribution < -0.4 is 10.9 Å². The summed E-state index contributed by atoms with van der Waals surface area (Å²) in [5, 5.41) is 12.0. The number of amides is 1. The highest BCUT2D eigenvalue weighted by Gasteiger charge is 2.11. The molecule has 0 atom stereocenters. The van der Waals surface area contributed by atoms with Crippen LogP contribution in [-0.4, -0.2) is 20.6 Å². The Bertz CT molecular complexity index is 906. The number of hydrogen-bond acceptors (Lipinski definition) is 5. The molecule has 3 aromatic rings. The summed E-state index contributed by atoms with van der Waals surface area (Å²) in [6.45, 7) is 0.0931. The van der Waals surface area contributed by atoms with Crippen LogP contribution in [0.2, 0.25) is 0 Å². The number of pyridine rings is 1. The monoisotopic (exact) mass is 311 g/mol. The number of carbonyl (C=O) groups excluding carboxylic acids is 1. The maximum Gasteiger partial charge on any atom is 0.412 e. The van der Waals surface area contributed by atoms with E-state index >= 15 is 0 Å². The lowest BCUT2D eigenvalue weighted by Gasteiger charge is -2.08. The van der Waals surface area contributed by atoms with Crippen molar-refractivity contribution >= 4 is 17.4 Å². The van der Waals surface area contributed by atoms with Crippen molar-refractivity contribution < 1.29 is 14.6 Å². The Labute approximate surface area is 130 Å². The van der Waals surface area contributed by atoms with Crippen LogP contribution in [0.4, 0.5) is 10.5 Å². The van der Waals surface area contributed by atoms with Gasteiger partial charge in [-0.05, 0) is 17.7 Å². The molecule has 0 spiro atoms. The number of nitrogens with one attached hydrogen (secondary N) is 1. The Morgan fingerprint density at radius 3 is 2.78 bits per heavy atom. The lowest BCUT2D eigenvalue weighted by Crippen LogP contribution is -2.23. The molecule has 0 bridgehead atoms. The first kappa shape index (κ1) is 14.6. The van der Waals surface area contributed by atoms with E-state index in [0.29, 0.717) is 0 Å². The molecule has 0 saturated carbocycles. The minimum Gasteiger partial charge on any atom is -0.504 e. The van der Waals surface area contributed by atoms with Gasteiger partial charge < -0.3 is 9.84 Å². The first-order valence-electron chi connectivity index (χ1n) is 6.82. The molecular formula is C16H13N3O4. The van der Waals surface area contributed by atoms with Gasteiger partial charge in [0.05, 0.1) is 6.20 Å². The van der Waals surface area contributed by atoms with E-state index in [4.69, 9.17) is 4.74 Å². The molecule has 0 unspecified atom stereocenters. The maximum atomic E-state index is 12.2. The van der Waals surface area contributed by atoms with Crippen molar-refractivity contribution in [2.45, 2.75) is 6.61 Å². The molecule has 0 aliphatic rings. The highest BCUT2D eigenvalue weighted by atomic mass is 16.5. The number of aromatic nitrogens is 2. The Kier molecular flexibility index (Phi) is 3.92. The highest BCUT2D eigenvalue weighted by Crippen LogP contribution is 2.14. The van der Waals surface area contributed by atoms with Crippen molar-refractivity contribution in [3.63, 3.8) is 0 Å². The maximum absolute atomic E-state index is 12.2. The SMILES string of the molecule is O=C(Nc1cnc2c(O)cccn2c1=O)OCc1ccccc1. The fraction of sp³-hybridized carbons (Fsp3) is 0.0625. The summed E-state index contributed by atoms with van der Waals surface area (Å²) in [5.74, 6) is -0.122. The molecule has 2 heterocycles. The Balaban J connectivity index is 1.75. The minimum absolute atomic E-state index is 0.0360. The van der Waals surface area contributed by atoms with Gasteiger partial charge in [-0.25, -0.2) is 9.78 Å². The molecule has 0 fully saturated rings. The van der Waals surface area contributed by atoms with Gasteiger partial charge in [0.1, 0.15) is 12.3 Å². The van der Waals surface area contributed by atoms with Crippen LogP contribution in [0.1, 0.15) is 5.56 Å². The average Bonchev–Trinajstić information content (AvgIpc) is 2.57. The third kappa shape index (κ3) is 3.13. The highest BCUT2D eigenvalue weighted by molar-refractivity contribution is 5.84. The van der Waals surface area contributed by atoms with Gasteiger partial charge in [-0.2, -0.15) is 0 Å². The van der Waals surface area contributed by atoms with Gasteiger partial charge >= 0.3 is 6.09 Å². The number of fused-ring (bicyclic) bond motifs is 1. The van der Waals surface area contributed by atoms with Crippen LogP contribution in [0.25, 0.3) is 5.65 Å². The van der Waals surface area contributed by atoms with Crippen LogP contribution >= 0.6 is 0 Å². The van der Waals surface area contributed by atoms with E-state index < -0.39 is 11.7 Å². The molecule has 2 aromatic heterocycles. The van der Waals surface area contributed by atoms with Crippen molar-refractivity contribution in [3.05, 3.63) is 70.8 Å². The summed E-state index contributed by atoms with van der Waals surface area (Å²) in [7, 11) is 0. The molecular weight excluding hydrogens is 298 g/mol. The zero-order chi connectivity index (χ0) is 16.2. The summed E-state index contributed by atoms with van der Waals surface area (Å²) in [4.78, 5) is 28.0. The van der Waals surface area contributed by atoms with Crippen LogP contribution in [0.5, 0.6) is 5.75 Å². The lowest BCUT2D eigenvalue weighted by molar-refractivity contribution is 0.155. The van der Waals surface area contributed by atoms with Crippen LogP contribution in [0.15, 0.2) is 59.7 Å². The standard InChI is InChI=1S/C16H13N3O4/c20-13-7-4-8-19-14(13)17-9-12(15(19)21)18-16(22)23-10-11-5-2-1-3-6-11/h1-9,20H,10H2,(H,18,22). The second kappa shape index (κ2) is 6.18. The molecule has 0 radical (unpaired) electrons. The zero-order valence-electron chi connectivity index (χ0n) is 12.0. The molecule has 2 N–H and O–H groups in total. The van der Waals surface area contributed by atoms with Gasteiger partial charge in [-0.1, -0.05) is 30.3 Å². The second-order valence-corrected chi connectivity index (χ2v) is 4.75. The number of nitrogens with zero attached hydrogens (tertiary/aromatic N) is 2. The van der Waals surface area contributed by atoms with Crippen molar-refractivity contribution in [3.8, 4) is 5.75 Å². The van der Waals surface area contributed by atoms with E-state index in [-0.39, 0.29) is 23.7 Å². The third-order valence-electron chi connectivity index (χ3n) is 3.16. The van der Waals surface area contributed by atoms with Gasteiger partial charge in [-0.15, -0.1) is 0 Å². The lowest BCUT2D eigenvalue weighted by atomic mass is 10.2. The summed E-state index contributed by atoms with van der Waals surface area (Å²) in [6, 6.07) is 12.1. The van der Waals surface area contributed by atoms with Gasteiger partial charge in [0.2, 0.25) is 0 Å². The number of aromatic hydroxyl groups is 1. The fourth-order valence-electron chi connectivity index (χ4n) is 2.05. The smallest absolute Gasteiger partial charge is 0.412 e. The quantitative estimate of drug-likeness (QED) is 0.773. The van der Waals surface area contributed by atoms with Crippen LogP contribution in [0, 0.1) is 0 Å². The molecule has 1 amide bonds. The van der Waals surface area contributed by atoms with Crippen molar-refractivity contribution in [1.29, 1.82) is 0 Å². The van der Waals surface area contributed by atoms with Crippen molar-refractivity contribution in [2.24, 2.45) is 0 Å². The number of hydrogen-bond donors (Lipinski definition) is 2. The van der Waals surface area contributed by atoms with Crippen LogP contribution in [0.3, 0.4) is 0 Å². The van der Waals surface area contributed by atoms with E-state index in [0.717, 1.165) is 9.96 Å². The molecule has 0 aliphatic carbocycles. The molecule has 0 saturated heterocycles. The number of ether oxygens (including phenoxy) is 1. The topological polar surface area (TPSA) is 92.9 Å². The summed E-state index contributed by atoms with van der Waals surface area (Å²) in [6.07, 6.45) is 1.87. The second-order valence-electron chi connectivity index (χ2n) is 4.75. The van der Waals surface area contributed by atoms with Gasteiger partial charge in [-0.3, -0.25) is 14.5 Å². The van der Waals surface area contributed by atoms with Gasteiger partial charge in [0.15, 0.2) is 11.4 Å². The summed E-state index contributed by atoms with van der Waals surface area (Å²) < 4.78 is 6.19. The van der Waals surface area contributed by atoms with Crippen molar-refractivity contribution in [1.82, 2.24) is 9.38 Å². The molecule has 7 nitrogen and oxygen atoms in total. The summed E-state index contributed by atoms with van der Waals surface area (Å²) >= 11 is 0. The largest absolute Gasteiger partial charge is 0.504 e. The first-order chi connectivity index (χ1) is 11.1. The molecule has 116 valence electrons. The molecule has 0 aliphatic heterocycles. The zero-order valence-corrected chi connectivity index (χ0v) is 12.0. The van der Waals surface area contributed by atoms with E-state index in [1.54, 1.807) is 0 Å². The molecule has 1 aromatic carbocycles. The summed E-state index contributed by atoms with van der Waals surface area (Å²) in [5.41, 5.74) is 0.398. The molecule has 23 heavy (non-hydrogen) atoms. The fourth-order valence-corrected chi connectivity index (χ4v) is 2.05. The minimum atomic E-state index is -0.757. The Morgan fingerprint density at radius 2 is 2.00 bits per heavy atom. The first-order valence-corrected chi connectivity index (χ1v) is 6.82. The number of anilines is 1.